The average molecular weight is 451 g/mol. The molecule has 2 amide bonds. The van der Waals surface area contributed by atoms with E-state index in [0.717, 1.165) is 35.4 Å². The molecule has 3 N–H and O–H groups in total. The summed E-state index contributed by atoms with van der Waals surface area (Å²) in [5, 5.41) is 15.9. The van der Waals surface area contributed by atoms with E-state index in [1.54, 1.807) is 0 Å². The predicted octanol–water partition coefficient (Wildman–Crippen LogP) is 3.13. The molecule has 2 aromatic carbocycles. The zero-order chi connectivity index (χ0) is 22.8. The molecule has 174 valence electrons. The van der Waals surface area contributed by atoms with Crippen molar-refractivity contribution in [3.8, 4) is 5.75 Å². The number of anilines is 1. The van der Waals surface area contributed by atoms with Crippen molar-refractivity contribution in [1.29, 1.82) is 0 Å². The van der Waals surface area contributed by atoms with Gasteiger partial charge in [-0.1, -0.05) is 30.3 Å². The maximum atomic E-state index is 12.6. The molecule has 4 atom stereocenters. The minimum Gasteiger partial charge on any atom is -0.487 e. The molecule has 7 heteroatoms. The van der Waals surface area contributed by atoms with Crippen LogP contribution in [0.15, 0.2) is 48.5 Å². The molecular formula is C26H30N2O5. The second-order valence-electron chi connectivity index (χ2n) is 9.32. The van der Waals surface area contributed by atoms with E-state index >= 15 is 0 Å². The lowest BCUT2D eigenvalue weighted by Crippen LogP contribution is -2.47. The molecular weight excluding hydrogens is 420 g/mol. The minimum absolute atomic E-state index is 0.00175. The van der Waals surface area contributed by atoms with Crippen LogP contribution < -0.4 is 15.4 Å². The number of aliphatic hydroxyl groups excluding tert-OH is 1. The molecule has 0 aromatic heterocycles. The van der Waals surface area contributed by atoms with Gasteiger partial charge >= 0.3 is 0 Å². The summed E-state index contributed by atoms with van der Waals surface area (Å²) in [4.78, 5) is 24.8. The standard InChI is InChI=1S/C26H30N2O5/c29-15-23-26-21(12-19(32-23)13-24(30)27-14-17-4-2-1-3-5-17)20-11-18(8-9-22(20)33-26)28-25(31)10-16-6-7-16/h1-5,8-9,11,16,19,21,23,26,29H,6-7,10,12-15H2,(H,27,30)(H,28,31)/t19-,21-,23-,26+/m0/s1. The van der Waals surface area contributed by atoms with Crippen LogP contribution in [0.3, 0.4) is 0 Å². The van der Waals surface area contributed by atoms with E-state index in [4.69, 9.17) is 9.47 Å². The molecule has 0 spiro atoms. The Labute approximate surface area is 193 Å². The Bertz CT molecular complexity index is 1010. The summed E-state index contributed by atoms with van der Waals surface area (Å²) >= 11 is 0. The first kappa shape index (κ1) is 21.9. The maximum Gasteiger partial charge on any atom is 0.224 e. The van der Waals surface area contributed by atoms with Crippen LogP contribution in [0.1, 0.15) is 49.1 Å². The van der Waals surface area contributed by atoms with Crippen LogP contribution in [0.25, 0.3) is 0 Å². The number of carbonyl (C=O) groups is 2. The predicted molar refractivity (Wildman–Crippen MR) is 123 cm³/mol. The van der Waals surface area contributed by atoms with Gasteiger partial charge in [0.25, 0.3) is 0 Å². The number of benzene rings is 2. The van der Waals surface area contributed by atoms with Crippen molar-refractivity contribution in [2.24, 2.45) is 5.92 Å². The van der Waals surface area contributed by atoms with Crippen molar-refractivity contribution < 1.29 is 24.2 Å². The first-order chi connectivity index (χ1) is 16.1. The molecule has 2 aromatic rings. The first-order valence-corrected chi connectivity index (χ1v) is 11.8. The lowest BCUT2D eigenvalue weighted by molar-refractivity contribution is -0.142. The minimum atomic E-state index is -0.504. The first-order valence-electron chi connectivity index (χ1n) is 11.8. The maximum absolute atomic E-state index is 12.6. The molecule has 2 fully saturated rings. The van der Waals surface area contributed by atoms with E-state index in [-0.39, 0.29) is 43.0 Å². The largest absolute Gasteiger partial charge is 0.487 e. The van der Waals surface area contributed by atoms with Gasteiger partial charge in [-0.2, -0.15) is 0 Å². The van der Waals surface area contributed by atoms with Crippen LogP contribution in [-0.4, -0.2) is 41.8 Å². The summed E-state index contributed by atoms with van der Waals surface area (Å²) in [5.74, 6) is 1.24. The van der Waals surface area contributed by atoms with Gasteiger partial charge in [-0.3, -0.25) is 9.59 Å². The summed E-state index contributed by atoms with van der Waals surface area (Å²) in [5.41, 5.74) is 2.80. The zero-order valence-electron chi connectivity index (χ0n) is 18.5. The molecule has 33 heavy (non-hydrogen) atoms. The van der Waals surface area contributed by atoms with E-state index in [9.17, 15) is 14.7 Å². The molecule has 5 rings (SSSR count). The Morgan fingerprint density at radius 3 is 2.61 bits per heavy atom. The fraction of sp³-hybridized carbons (Fsp3) is 0.462. The van der Waals surface area contributed by atoms with Crippen molar-refractivity contribution in [3.63, 3.8) is 0 Å². The van der Waals surface area contributed by atoms with Gasteiger partial charge in [0.05, 0.1) is 19.1 Å². The van der Waals surface area contributed by atoms with E-state index in [1.807, 2.05) is 48.5 Å². The second-order valence-corrected chi connectivity index (χ2v) is 9.32. The van der Waals surface area contributed by atoms with E-state index in [1.165, 1.54) is 0 Å². The summed E-state index contributed by atoms with van der Waals surface area (Å²) in [7, 11) is 0. The highest BCUT2D eigenvalue weighted by Gasteiger charge is 2.46. The molecule has 2 heterocycles. The third kappa shape index (κ3) is 5.20. The number of hydrogen-bond acceptors (Lipinski definition) is 5. The highest BCUT2D eigenvalue weighted by Crippen LogP contribution is 2.47. The van der Waals surface area contributed by atoms with Crippen molar-refractivity contribution in [2.45, 2.75) is 62.9 Å². The Morgan fingerprint density at radius 1 is 1.03 bits per heavy atom. The normalized spacial score (nSPS) is 25.5. The molecule has 1 saturated heterocycles. The van der Waals surface area contributed by atoms with Crippen LogP contribution in [0.5, 0.6) is 5.75 Å². The second kappa shape index (κ2) is 9.53. The van der Waals surface area contributed by atoms with Crippen molar-refractivity contribution >= 4 is 17.5 Å². The van der Waals surface area contributed by atoms with Gasteiger partial charge in [0.1, 0.15) is 18.0 Å². The molecule has 2 aliphatic heterocycles. The molecule has 0 bridgehead atoms. The number of amides is 2. The monoisotopic (exact) mass is 450 g/mol. The number of carbonyl (C=O) groups excluding carboxylic acids is 2. The molecule has 7 nitrogen and oxygen atoms in total. The molecule has 0 radical (unpaired) electrons. The third-order valence-electron chi connectivity index (χ3n) is 6.70. The zero-order valence-corrected chi connectivity index (χ0v) is 18.5. The summed E-state index contributed by atoms with van der Waals surface area (Å²) in [6, 6.07) is 15.5. The van der Waals surface area contributed by atoms with Crippen molar-refractivity contribution in [1.82, 2.24) is 5.32 Å². The van der Waals surface area contributed by atoms with Gasteiger partial charge in [-0.15, -0.1) is 0 Å². The molecule has 3 aliphatic rings. The van der Waals surface area contributed by atoms with Gasteiger partial charge in [0, 0.05) is 30.1 Å². The topological polar surface area (TPSA) is 96.9 Å². The average Bonchev–Trinajstić information content (AvgIpc) is 3.56. The van der Waals surface area contributed by atoms with E-state index < -0.39 is 6.10 Å². The summed E-state index contributed by atoms with van der Waals surface area (Å²) in [6.07, 6.45) is 2.56. The van der Waals surface area contributed by atoms with Gasteiger partial charge < -0.3 is 25.2 Å². The molecule has 1 aliphatic carbocycles. The molecule has 1 saturated carbocycles. The van der Waals surface area contributed by atoms with Crippen LogP contribution >= 0.6 is 0 Å². The Balaban J connectivity index is 1.24. The number of aliphatic hydroxyl groups is 1. The van der Waals surface area contributed by atoms with E-state index in [2.05, 4.69) is 10.6 Å². The fourth-order valence-corrected chi connectivity index (χ4v) is 4.84. The molecule has 0 unspecified atom stereocenters. The summed E-state index contributed by atoms with van der Waals surface area (Å²) < 4.78 is 12.2. The van der Waals surface area contributed by atoms with Gasteiger partial charge in [0.15, 0.2) is 0 Å². The van der Waals surface area contributed by atoms with Crippen molar-refractivity contribution in [2.75, 3.05) is 11.9 Å². The van der Waals surface area contributed by atoms with Crippen LogP contribution in [-0.2, 0) is 20.9 Å². The van der Waals surface area contributed by atoms with E-state index in [0.29, 0.717) is 25.3 Å². The highest BCUT2D eigenvalue weighted by molar-refractivity contribution is 5.91. The Morgan fingerprint density at radius 2 is 1.85 bits per heavy atom. The smallest absolute Gasteiger partial charge is 0.224 e. The van der Waals surface area contributed by atoms with Crippen LogP contribution in [0.2, 0.25) is 0 Å². The van der Waals surface area contributed by atoms with Gasteiger partial charge in [-0.05, 0) is 48.9 Å². The van der Waals surface area contributed by atoms with Crippen LogP contribution in [0, 0.1) is 5.92 Å². The van der Waals surface area contributed by atoms with Gasteiger partial charge in [-0.25, -0.2) is 0 Å². The Hall–Kier alpha value is -2.90. The quantitative estimate of drug-likeness (QED) is 0.574. The number of hydrogen-bond donors (Lipinski definition) is 3. The fourth-order valence-electron chi connectivity index (χ4n) is 4.84. The lowest BCUT2D eigenvalue weighted by Gasteiger charge is -2.37. The number of ether oxygens (including phenoxy) is 2. The van der Waals surface area contributed by atoms with Gasteiger partial charge in [0.2, 0.25) is 11.8 Å². The number of rotatable bonds is 8. The Kier molecular flexibility index (Phi) is 6.33. The SMILES string of the molecule is O=C(C[C@@H]1C[C@H]2c3cc(NC(=O)CC4CC4)ccc3O[C@H]2[C@H](CO)O1)NCc1ccccc1. The van der Waals surface area contributed by atoms with Crippen molar-refractivity contribution in [3.05, 3.63) is 59.7 Å². The highest BCUT2D eigenvalue weighted by atomic mass is 16.6. The number of fused-ring (bicyclic) bond motifs is 3. The third-order valence-corrected chi connectivity index (χ3v) is 6.70. The van der Waals surface area contributed by atoms with Crippen LogP contribution in [0.4, 0.5) is 5.69 Å². The lowest BCUT2D eigenvalue weighted by atomic mass is 9.84. The summed E-state index contributed by atoms with van der Waals surface area (Å²) in [6.45, 7) is 0.292. The number of nitrogens with one attached hydrogen (secondary N) is 2.